The van der Waals surface area contributed by atoms with E-state index in [1.54, 1.807) is 0 Å². The fourth-order valence-electron chi connectivity index (χ4n) is 1.09. The Bertz CT molecular complexity index is 98.6. The topological polar surface area (TPSA) is 21.3 Å². The van der Waals surface area contributed by atoms with Gasteiger partial charge in [-0.1, -0.05) is 0 Å². The van der Waals surface area contributed by atoms with Crippen LogP contribution in [0.4, 0.5) is 8.78 Å². The van der Waals surface area contributed by atoms with E-state index in [9.17, 15) is 8.78 Å². The van der Waals surface area contributed by atoms with Crippen molar-refractivity contribution < 1.29 is 13.5 Å². The van der Waals surface area contributed by atoms with E-state index in [1.807, 2.05) is 0 Å². The second kappa shape index (κ2) is 5.69. The maximum atomic E-state index is 11.4. The van der Waals surface area contributed by atoms with Gasteiger partial charge in [-0.2, -0.15) is 8.78 Å². The van der Waals surface area contributed by atoms with Crippen LogP contribution in [0.2, 0.25) is 0 Å². The number of hydrogen-bond acceptors (Lipinski definition) is 2. The molecule has 1 N–H and O–H groups in total. The van der Waals surface area contributed by atoms with E-state index in [1.165, 1.54) is 0 Å². The highest BCUT2D eigenvalue weighted by Gasteiger charge is 2.15. The lowest BCUT2D eigenvalue weighted by atomic mass is 10.2. The van der Waals surface area contributed by atoms with Crippen LogP contribution in [0.25, 0.3) is 0 Å². The van der Waals surface area contributed by atoms with Gasteiger partial charge in [0.1, 0.15) is 0 Å². The van der Waals surface area contributed by atoms with Crippen LogP contribution in [-0.2, 0) is 4.74 Å². The summed E-state index contributed by atoms with van der Waals surface area (Å²) in [6, 6.07) is 0.147. The number of alkyl halides is 2. The molecule has 0 aliphatic carbocycles. The lowest BCUT2D eigenvalue weighted by Gasteiger charge is -2.08. The third-order valence-corrected chi connectivity index (χ3v) is 1.59. The van der Waals surface area contributed by atoms with E-state index in [-0.39, 0.29) is 25.1 Å². The van der Waals surface area contributed by atoms with Crippen LogP contribution in [0, 0.1) is 0 Å². The summed E-state index contributed by atoms with van der Waals surface area (Å²) >= 11 is 0. The molecule has 0 spiro atoms. The quantitative estimate of drug-likeness (QED) is 0.721. The van der Waals surface area contributed by atoms with Crippen molar-refractivity contribution in [3.8, 4) is 0 Å². The Morgan fingerprint density at radius 3 is 2.73 bits per heavy atom. The van der Waals surface area contributed by atoms with Crippen LogP contribution in [0.15, 0.2) is 0 Å². The summed E-state index contributed by atoms with van der Waals surface area (Å²) < 4.78 is 27.0. The minimum absolute atomic E-state index is 0. The molecule has 0 unspecified atom stereocenters. The zero-order valence-corrected chi connectivity index (χ0v) is 6.87. The van der Waals surface area contributed by atoms with Crippen molar-refractivity contribution in [3.63, 3.8) is 0 Å². The van der Waals surface area contributed by atoms with Gasteiger partial charge in [0.15, 0.2) is 0 Å². The predicted octanol–water partition coefficient (Wildman–Crippen LogP) is 1.40. The molecule has 0 saturated carbocycles. The van der Waals surface area contributed by atoms with Crippen LogP contribution >= 0.6 is 12.4 Å². The van der Waals surface area contributed by atoms with Crippen LogP contribution < -0.4 is 5.32 Å². The van der Waals surface area contributed by atoms with Crippen LogP contribution in [-0.4, -0.2) is 25.8 Å². The summed E-state index contributed by atoms with van der Waals surface area (Å²) in [5.74, 6) is 0. The highest BCUT2D eigenvalue weighted by atomic mass is 35.5. The Kier molecular flexibility index (Phi) is 5.72. The number of halogens is 3. The molecule has 1 aliphatic rings. The summed E-state index contributed by atoms with van der Waals surface area (Å²) in [5, 5.41) is 3.05. The number of hydrogen-bond donors (Lipinski definition) is 1. The molecule has 1 aliphatic heterocycles. The summed E-state index contributed by atoms with van der Waals surface area (Å²) in [6.45, 7) is -1.56. The predicted molar refractivity (Wildman–Crippen MR) is 40.2 cm³/mol. The monoisotopic (exact) mass is 187 g/mol. The van der Waals surface area contributed by atoms with Crippen LogP contribution in [0.1, 0.15) is 12.8 Å². The molecular formula is C6H12ClF2NO. The standard InChI is InChI=1S/C6H11F2NO.ClH/c7-6(8)10-4-5-2-1-3-9-5;/h5-6,9H,1-4H2;1H/t5-;/m0./s1. The third-order valence-electron chi connectivity index (χ3n) is 1.59. The average molecular weight is 188 g/mol. The molecule has 0 aromatic rings. The molecule has 1 atom stereocenters. The zero-order chi connectivity index (χ0) is 7.40. The Morgan fingerprint density at radius 2 is 2.27 bits per heavy atom. The maximum absolute atomic E-state index is 11.4. The number of rotatable bonds is 3. The first-order valence-corrected chi connectivity index (χ1v) is 3.42. The molecule has 2 nitrogen and oxygen atoms in total. The van der Waals surface area contributed by atoms with E-state index in [4.69, 9.17) is 0 Å². The highest BCUT2D eigenvalue weighted by molar-refractivity contribution is 5.85. The SMILES string of the molecule is Cl.FC(F)OC[C@@H]1CCCN1. The molecule has 5 heteroatoms. The van der Waals surface area contributed by atoms with Gasteiger partial charge in [0, 0.05) is 6.04 Å². The minimum Gasteiger partial charge on any atom is -0.321 e. The maximum Gasteiger partial charge on any atom is 0.345 e. The Hall–Kier alpha value is 0.0700. The van der Waals surface area contributed by atoms with Crippen molar-refractivity contribution in [3.05, 3.63) is 0 Å². The molecule has 0 radical (unpaired) electrons. The van der Waals surface area contributed by atoms with Gasteiger partial charge in [0.05, 0.1) is 6.61 Å². The van der Waals surface area contributed by atoms with Gasteiger partial charge in [-0.15, -0.1) is 12.4 Å². The molecule has 0 aromatic heterocycles. The fourth-order valence-corrected chi connectivity index (χ4v) is 1.09. The van der Waals surface area contributed by atoms with Gasteiger partial charge in [-0.05, 0) is 19.4 Å². The van der Waals surface area contributed by atoms with Gasteiger partial charge >= 0.3 is 6.61 Å². The molecule has 0 amide bonds. The lowest BCUT2D eigenvalue weighted by molar-refractivity contribution is -0.132. The largest absolute Gasteiger partial charge is 0.345 e. The van der Waals surface area contributed by atoms with Gasteiger partial charge in [0.25, 0.3) is 0 Å². The van der Waals surface area contributed by atoms with Crippen LogP contribution in [0.3, 0.4) is 0 Å². The molecule has 0 aromatic carbocycles. The summed E-state index contributed by atoms with van der Waals surface area (Å²) in [7, 11) is 0. The van der Waals surface area contributed by atoms with E-state index in [0.29, 0.717) is 0 Å². The molecule has 68 valence electrons. The van der Waals surface area contributed by atoms with Crippen LogP contribution in [0.5, 0.6) is 0 Å². The third kappa shape index (κ3) is 4.50. The van der Waals surface area contributed by atoms with Gasteiger partial charge in [-0.25, -0.2) is 0 Å². The number of nitrogens with one attached hydrogen (secondary N) is 1. The second-order valence-corrected chi connectivity index (χ2v) is 2.39. The van der Waals surface area contributed by atoms with Crippen molar-refractivity contribution in [1.82, 2.24) is 5.32 Å². The van der Waals surface area contributed by atoms with Crippen molar-refractivity contribution in [2.45, 2.75) is 25.5 Å². The molecule has 1 fully saturated rings. The highest BCUT2D eigenvalue weighted by Crippen LogP contribution is 2.06. The van der Waals surface area contributed by atoms with E-state index in [0.717, 1.165) is 19.4 Å². The molecule has 1 saturated heterocycles. The summed E-state index contributed by atoms with van der Waals surface area (Å²) in [5.41, 5.74) is 0. The fraction of sp³-hybridized carbons (Fsp3) is 1.00. The first kappa shape index (κ1) is 11.1. The lowest BCUT2D eigenvalue weighted by Crippen LogP contribution is -2.27. The first-order chi connectivity index (χ1) is 4.79. The second-order valence-electron chi connectivity index (χ2n) is 2.39. The Labute approximate surface area is 70.7 Å². The smallest absolute Gasteiger partial charge is 0.321 e. The van der Waals surface area contributed by atoms with Crippen molar-refractivity contribution in [1.29, 1.82) is 0 Å². The van der Waals surface area contributed by atoms with E-state index < -0.39 is 6.61 Å². The molecule has 0 bridgehead atoms. The Balaban J connectivity index is 0.000001000. The first-order valence-electron chi connectivity index (χ1n) is 3.42. The zero-order valence-electron chi connectivity index (χ0n) is 6.06. The molecular weight excluding hydrogens is 176 g/mol. The number of ether oxygens (including phenoxy) is 1. The minimum atomic E-state index is -2.62. The average Bonchev–Trinajstić information content (AvgIpc) is 2.34. The van der Waals surface area contributed by atoms with E-state index >= 15 is 0 Å². The van der Waals surface area contributed by atoms with Gasteiger partial charge in [-0.3, -0.25) is 0 Å². The van der Waals surface area contributed by atoms with Gasteiger partial charge in [0.2, 0.25) is 0 Å². The molecule has 1 rings (SSSR count). The summed E-state index contributed by atoms with van der Waals surface area (Å²) in [6.07, 6.45) is 2.02. The van der Waals surface area contributed by atoms with Gasteiger partial charge < -0.3 is 10.1 Å². The van der Waals surface area contributed by atoms with Crippen molar-refractivity contribution >= 4 is 12.4 Å². The Morgan fingerprint density at radius 1 is 1.55 bits per heavy atom. The molecule has 11 heavy (non-hydrogen) atoms. The normalized spacial score (nSPS) is 23.7. The van der Waals surface area contributed by atoms with E-state index in [2.05, 4.69) is 10.1 Å². The van der Waals surface area contributed by atoms with Crippen molar-refractivity contribution in [2.75, 3.05) is 13.2 Å². The van der Waals surface area contributed by atoms with Crippen molar-refractivity contribution in [2.24, 2.45) is 0 Å². The molecule has 1 heterocycles. The summed E-state index contributed by atoms with van der Waals surface area (Å²) in [4.78, 5) is 0.